The van der Waals surface area contributed by atoms with Crippen molar-refractivity contribution in [2.45, 2.75) is 102 Å². The number of fused-ring (bicyclic) bond motifs is 2. The molecule has 4 fully saturated rings. The smallest absolute Gasteiger partial charge is 0.312 e. The number of hydrogen-bond acceptors (Lipinski definition) is 11. The average Bonchev–Trinajstić information content (AvgIpc) is 3.09. The van der Waals surface area contributed by atoms with E-state index in [9.17, 15) is 24.0 Å². The van der Waals surface area contributed by atoms with E-state index in [4.69, 9.17) is 40.0 Å². The number of alkyl halides is 1. The summed E-state index contributed by atoms with van der Waals surface area (Å²) in [5.74, 6) is -5.30. The van der Waals surface area contributed by atoms with Gasteiger partial charge in [0.25, 0.3) is 0 Å². The van der Waals surface area contributed by atoms with Crippen LogP contribution in [0.2, 0.25) is 0 Å². The van der Waals surface area contributed by atoms with E-state index in [2.05, 4.69) is 13.2 Å². The van der Waals surface area contributed by atoms with Crippen LogP contribution in [0.25, 0.3) is 0 Å². The lowest BCUT2D eigenvalue weighted by Crippen LogP contribution is -2.75. The van der Waals surface area contributed by atoms with Gasteiger partial charge in [0.2, 0.25) is 0 Å². The lowest BCUT2D eigenvalue weighted by Gasteiger charge is -2.61. The van der Waals surface area contributed by atoms with Gasteiger partial charge in [0.1, 0.15) is 18.3 Å². The van der Waals surface area contributed by atoms with Crippen LogP contribution in [0.3, 0.4) is 0 Å². The van der Waals surface area contributed by atoms with Crippen LogP contribution in [-0.2, 0) is 52.4 Å². The van der Waals surface area contributed by atoms with E-state index < -0.39 is 94.7 Å². The van der Waals surface area contributed by atoms with Crippen molar-refractivity contribution in [1.82, 2.24) is 0 Å². The molecule has 11 nitrogen and oxygen atoms in total. The molecule has 3 aliphatic heterocycles. The Kier molecular flexibility index (Phi) is 7.87. The van der Waals surface area contributed by atoms with Crippen molar-refractivity contribution in [2.24, 2.45) is 17.3 Å². The summed E-state index contributed by atoms with van der Waals surface area (Å²) in [4.78, 5) is 63.2. The largest absolute Gasteiger partial charge is 0.462 e. The normalized spacial score (nSPS) is 42.3. The average molecular weight is 583 g/mol. The van der Waals surface area contributed by atoms with E-state index in [1.165, 1.54) is 27.7 Å². The van der Waals surface area contributed by atoms with Gasteiger partial charge >= 0.3 is 29.8 Å². The standard InChI is InChI=1S/C28H35ClO11/c1-11-9-10-18(35-14(4)30)27(8)19(11)23(37-16(6)32)28-13(3)26(34)39-24(28)20(29)12(2)21(40-28)22(36-15(5)31)25(27)38-17(7)33/h13,18-25H,1-2,9-10H2,3-8H3/t13-,18-,19+,20-,21+,22-,23+,24-,25-,27-,28?/m0/s1. The highest BCUT2D eigenvalue weighted by Crippen LogP contribution is 2.61. The molecule has 2 bridgehead atoms. The van der Waals surface area contributed by atoms with E-state index >= 15 is 0 Å². The number of ether oxygens (including phenoxy) is 6. The molecule has 4 rings (SSSR count). The van der Waals surface area contributed by atoms with Crippen LogP contribution < -0.4 is 0 Å². The molecule has 0 radical (unpaired) electrons. The predicted octanol–water partition coefficient (Wildman–Crippen LogP) is 2.56. The molecule has 12 heteroatoms. The summed E-state index contributed by atoms with van der Waals surface area (Å²) >= 11 is 6.89. The molecule has 0 N–H and O–H groups in total. The Hall–Kier alpha value is -2.92. The molecule has 11 atom stereocenters. The number of rotatable bonds is 4. The zero-order valence-electron chi connectivity index (χ0n) is 23.4. The second-order valence-electron chi connectivity index (χ2n) is 11.2. The van der Waals surface area contributed by atoms with Crippen LogP contribution in [0.1, 0.15) is 54.4 Å². The molecule has 0 aromatic heterocycles. The fourth-order valence-corrected chi connectivity index (χ4v) is 7.49. The van der Waals surface area contributed by atoms with Crippen molar-refractivity contribution in [2.75, 3.05) is 0 Å². The zero-order chi connectivity index (χ0) is 29.9. The quantitative estimate of drug-likeness (QED) is 0.209. The minimum Gasteiger partial charge on any atom is -0.462 e. The summed E-state index contributed by atoms with van der Waals surface area (Å²) in [6, 6.07) is 0. The number of carbonyl (C=O) groups excluding carboxylic acids is 5. The molecule has 4 aliphatic rings. The number of esters is 5. The van der Waals surface area contributed by atoms with Gasteiger partial charge in [-0.1, -0.05) is 25.7 Å². The third-order valence-corrected chi connectivity index (χ3v) is 9.23. The third kappa shape index (κ3) is 4.51. The van der Waals surface area contributed by atoms with Crippen LogP contribution in [0.15, 0.2) is 24.3 Å². The lowest BCUT2D eigenvalue weighted by molar-refractivity contribution is -0.294. The highest BCUT2D eigenvalue weighted by Gasteiger charge is 2.75. The van der Waals surface area contributed by atoms with Gasteiger partial charge in [0.15, 0.2) is 23.9 Å². The van der Waals surface area contributed by atoms with Gasteiger partial charge in [-0.3, -0.25) is 24.0 Å². The molecule has 1 spiro atoms. The van der Waals surface area contributed by atoms with Gasteiger partial charge in [-0.05, 0) is 25.3 Å². The van der Waals surface area contributed by atoms with Crippen molar-refractivity contribution < 1.29 is 52.4 Å². The van der Waals surface area contributed by atoms with Crippen molar-refractivity contribution in [1.29, 1.82) is 0 Å². The van der Waals surface area contributed by atoms with Gasteiger partial charge in [-0.2, -0.15) is 0 Å². The Morgan fingerprint density at radius 3 is 2.02 bits per heavy atom. The van der Waals surface area contributed by atoms with Crippen LogP contribution in [0.5, 0.6) is 0 Å². The molecule has 40 heavy (non-hydrogen) atoms. The molecule has 3 saturated heterocycles. The minimum absolute atomic E-state index is 0.204. The number of hydrogen-bond donors (Lipinski definition) is 0. The Bertz CT molecular complexity index is 1160. The lowest BCUT2D eigenvalue weighted by atomic mass is 9.53. The Labute approximate surface area is 237 Å². The highest BCUT2D eigenvalue weighted by molar-refractivity contribution is 6.23. The Morgan fingerprint density at radius 1 is 0.925 bits per heavy atom. The first kappa shape index (κ1) is 30.0. The Morgan fingerprint density at radius 2 is 1.48 bits per heavy atom. The van der Waals surface area contributed by atoms with Crippen molar-refractivity contribution in [3.8, 4) is 0 Å². The minimum atomic E-state index is -1.69. The first-order chi connectivity index (χ1) is 18.6. The number of halogens is 1. The Balaban J connectivity index is 2.11. The van der Waals surface area contributed by atoms with Crippen molar-refractivity contribution >= 4 is 41.4 Å². The van der Waals surface area contributed by atoms with E-state index in [1.54, 1.807) is 13.8 Å². The fourth-order valence-electron chi connectivity index (χ4n) is 7.12. The topological polar surface area (TPSA) is 141 Å². The maximum Gasteiger partial charge on any atom is 0.312 e. The monoisotopic (exact) mass is 582 g/mol. The van der Waals surface area contributed by atoms with Crippen LogP contribution in [-0.4, -0.2) is 77.4 Å². The molecule has 220 valence electrons. The van der Waals surface area contributed by atoms with Crippen molar-refractivity contribution in [3.05, 3.63) is 24.3 Å². The molecule has 0 amide bonds. The van der Waals surface area contributed by atoms with Crippen LogP contribution in [0, 0.1) is 17.3 Å². The molecule has 3 heterocycles. The molecule has 0 aromatic rings. The maximum absolute atomic E-state index is 13.1. The molecule has 1 unspecified atom stereocenters. The van der Waals surface area contributed by atoms with Crippen molar-refractivity contribution in [3.63, 3.8) is 0 Å². The molecule has 1 aliphatic carbocycles. The molecular formula is C28H35ClO11. The summed E-state index contributed by atoms with van der Waals surface area (Å²) in [5, 5.41) is -1.05. The summed E-state index contributed by atoms with van der Waals surface area (Å²) in [7, 11) is 0. The van der Waals surface area contributed by atoms with Gasteiger partial charge in [0.05, 0.1) is 16.7 Å². The SMILES string of the molecule is C=C1CC[C@H](OC(C)=O)[C@@]2(C)[C@H]1[C@@H](OC(C)=O)C13O[C@H](C(=C)[C@H](Cl)[C@@H]1OC(=O)[C@@H]3C)[C@H](OC(C)=O)[C@@H]2OC(C)=O. The van der Waals surface area contributed by atoms with E-state index in [0.29, 0.717) is 12.0 Å². The second kappa shape index (κ2) is 10.5. The fraction of sp³-hybridized carbons (Fsp3) is 0.679. The summed E-state index contributed by atoms with van der Waals surface area (Å²) < 4.78 is 36.0. The van der Waals surface area contributed by atoms with Gasteiger partial charge < -0.3 is 28.4 Å². The van der Waals surface area contributed by atoms with Gasteiger partial charge in [-0.25, -0.2) is 0 Å². The van der Waals surface area contributed by atoms with E-state index in [0.717, 1.165) is 0 Å². The van der Waals surface area contributed by atoms with Gasteiger partial charge in [-0.15, -0.1) is 11.6 Å². The highest BCUT2D eigenvalue weighted by atomic mass is 35.5. The third-order valence-electron chi connectivity index (χ3n) is 8.72. The van der Waals surface area contributed by atoms with Crippen LogP contribution >= 0.6 is 11.6 Å². The van der Waals surface area contributed by atoms with E-state index in [-0.39, 0.29) is 12.0 Å². The first-order valence-electron chi connectivity index (χ1n) is 13.1. The second-order valence-corrected chi connectivity index (χ2v) is 11.7. The summed E-state index contributed by atoms with van der Waals surface area (Å²) in [6.07, 6.45) is -6.58. The summed E-state index contributed by atoms with van der Waals surface area (Å²) in [5.41, 5.74) is -2.33. The zero-order valence-corrected chi connectivity index (χ0v) is 24.1. The summed E-state index contributed by atoms with van der Waals surface area (Å²) in [6.45, 7) is 16.4. The molecular weight excluding hydrogens is 548 g/mol. The van der Waals surface area contributed by atoms with Crippen LogP contribution in [0.4, 0.5) is 0 Å². The number of carbonyl (C=O) groups is 5. The maximum atomic E-state index is 13.1. The predicted molar refractivity (Wildman–Crippen MR) is 138 cm³/mol. The van der Waals surface area contributed by atoms with E-state index in [1.807, 2.05) is 0 Å². The van der Waals surface area contributed by atoms with Gasteiger partial charge in [0, 0.05) is 33.6 Å². The molecule has 1 saturated carbocycles. The molecule has 0 aromatic carbocycles. The first-order valence-corrected chi connectivity index (χ1v) is 13.6.